The number of hydrogen-bond acceptors (Lipinski definition) is 3. The summed E-state index contributed by atoms with van der Waals surface area (Å²) >= 11 is 0. The van der Waals surface area contributed by atoms with Crippen LogP contribution in [0.2, 0.25) is 0 Å². The quantitative estimate of drug-likeness (QED) is 0.780. The highest BCUT2D eigenvalue weighted by molar-refractivity contribution is 6.02. The maximum Gasteiger partial charge on any atom is 0.276 e. The van der Waals surface area contributed by atoms with Gasteiger partial charge in [-0.1, -0.05) is 18.2 Å². The van der Waals surface area contributed by atoms with Crippen LogP contribution in [-0.4, -0.2) is 15.7 Å². The Morgan fingerprint density at radius 3 is 2.69 bits per heavy atom. The second-order valence-electron chi connectivity index (χ2n) is 6.02. The first kappa shape index (κ1) is 16.4. The van der Waals surface area contributed by atoms with Crippen LogP contribution in [0.5, 0.6) is 0 Å². The van der Waals surface area contributed by atoms with Crippen molar-refractivity contribution in [2.75, 3.05) is 5.32 Å². The number of amides is 1. The van der Waals surface area contributed by atoms with E-state index in [4.69, 9.17) is 4.74 Å². The van der Waals surface area contributed by atoms with Gasteiger partial charge in [0.15, 0.2) is 5.69 Å². The third kappa shape index (κ3) is 3.34. The lowest BCUT2D eigenvalue weighted by atomic mass is 10.1. The Morgan fingerprint density at radius 2 is 1.92 bits per heavy atom. The summed E-state index contributed by atoms with van der Waals surface area (Å²) in [7, 11) is 0. The summed E-state index contributed by atoms with van der Waals surface area (Å²) in [4.78, 5) is 12.3. The van der Waals surface area contributed by atoms with Crippen LogP contribution >= 0.6 is 0 Å². The van der Waals surface area contributed by atoms with Crippen LogP contribution in [-0.2, 0) is 17.9 Å². The van der Waals surface area contributed by atoms with Gasteiger partial charge in [0.25, 0.3) is 5.91 Å². The first-order valence-electron chi connectivity index (χ1n) is 8.09. The fourth-order valence-electron chi connectivity index (χ4n) is 2.88. The summed E-state index contributed by atoms with van der Waals surface area (Å²) in [6, 6.07) is 13.4. The predicted molar refractivity (Wildman–Crippen MR) is 90.5 cm³/mol. The molecule has 0 unspecified atom stereocenters. The molecule has 0 saturated carbocycles. The van der Waals surface area contributed by atoms with E-state index in [2.05, 4.69) is 10.4 Å². The van der Waals surface area contributed by atoms with Gasteiger partial charge in [0.2, 0.25) is 0 Å². The maximum absolute atomic E-state index is 13.2. The van der Waals surface area contributed by atoms with E-state index in [1.807, 2.05) is 0 Å². The molecule has 3 aromatic rings. The van der Waals surface area contributed by atoms with Gasteiger partial charge >= 0.3 is 0 Å². The van der Waals surface area contributed by atoms with Crippen molar-refractivity contribution < 1.29 is 18.3 Å². The number of halogens is 2. The van der Waals surface area contributed by atoms with Gasteiger partial charge in [-0.3, -0.25) is 9.48 Å². The molecule has 0 radical (unpaired) electrons. The highest BCUT2D eigenvalue weighted by atomic mass is 19.1. The minimum absolute atomic E-state index is 0.229. The van der Waals surface area contributed by atoms with Crippen LogP contribution < -0.4 is 5.32 Å². The Balaban J connectivity index is 1.50. The molecule has 1 aliphatic heterocycles. The first-order chi connectivity index (χ1) is 12.6. The SMILES string of the molecule is O=C(Nc1cccc(F)c1)c1cc2n(n1)C[C@@H](c1ccc(F)cc1)OC2. The van der Waals surface area contributed by atoms with Gasteiger partial charge in [0.1, 0.15) is 17.7 Å². The van der Waals surface area contributed by atoms with Crippen molar-refractivity contribution in [1.29, 1.82) is 0 Å². The molecule has 1 aliphatic rings. The van der Waals surface area contributed by atoms with Crippen LogP contribution in [0.25, 0.3) is 0 Å². The van der Waals surface area contributed by atoms with E-state index in [0.29, 0.717) is 18.8 Å². The predicted octanol–water partition coefficient (Wildman–Crippen LogP) is 3.69. The number of nitrogens with zero attached hydrogens (tertiary/aromatic N) is 2. The lowest BCUT2D eigenvalue weighted by Gasteiger charge is -2.24. The Bertz CT molecular complexity index is 954. The number of benzene rings is 2. The molecule has 0 saturated heterocycles. The number of nitrogens with one attached hydrogen (secondary N) is 1. The molecule has 1 amide bonds. The molecule has 2 aromatic carbocycles. The van der Waals surface area contributed by atoms with Crippen molar-refractivity contribution in [3.05, 3.63) is 83.2 Å². The van der Waals surface area contributed by atoms with E-state index in [0.717, 1.165) is 11.3 Å². The van der Waals surface area contributed by atoms with Crippen LogP contribution in [0.1, 0.15) is 27.8 Å². The molecule has 26 heavy (non-hydrogen) atoms. The summed E-state index contributed by atoms with van der Waals surface area (Å²) in [5.74, 6) is -1.15. The van der Waals surface area contributed by atoms with Crippen molar-refractivity contribution in [2.45, 2.75) is 19.3 Å². The van der Waals surface area contributed by atoms with E-state index < -0.39 is 11.7 Å². The Labute approximate surface area is 148 Å². The Hall–Kier alpha value is -3.06. The van der Waals surface area contributed by atoms with Gasteiger partial charge in [-0.15, -0.1) is 0 Å². The number of ether oxygens (including phenoxy) is 1. The number of fused-ring (bicyclic) bond motifs is 1. The van der Waals surface area contributed by atoms with Crippen molar-refractivity contribution in [1.82, 2.24) is 9.78 Å². The highest BCUT2D eigenvalue weighted by Crippen LogP contribution is 2.27. The zero-order valence-corrected chi connectivity index (χ0v) is 13.7. The third-order valence-corrected chi connectivity index (χ3v) is 4.19. The lowest BCUT2D eigenvalue weighted by Crippen LogP contribution is -2.22. The molecule has 4 rings (SSSR count). The van der Waals surface area contributed by atoms with Crippen LogP contribution in [0, 0.1) is 11.6 Å². The van der Waals surface area contributed by atoms with Crippen LogP contribution in [0.3, 0.4) is 0 Å². The van der Waals surface area contributed by atoms with Crippen molar-refractivity contribution >= 4 is 11.6 Å². The second kappa shape index (κ2) is 6.68. The van der Waals surface area contributed by atoms with E-state index in [1.54, 1.807) is 28.9 Å². The molecule has 2 heterocycles. The molecule has 1 aromatic heterocycles. The van der Waals surface area contributed by atoms with Crippen molar-refractivity contribution in [3.63, 3.8) is 0 Å². The zero-order chi connectivity index (χ0) is 18.1. The van der Waals surface area contributed by atoms with E-state index in [9.17, 15) is 13.6 Å². The monoisotopic (exact) mass is 355 g/mol. The molecule has 7 heteroatoms. The fourth-order valence-corrected chi connectivity index (χ4v) is 2.88. The number of carbonyl (C=O) groups is 1. The average Bonchev–Trinajstić information content (AvgIpc) is 3.06. The summed E-state index contributed by atoms with van der Waals surface area (Å²) in [5.41, 5.74) is 2.21. The maximum atomic E-state index is 13.2. The minimum Gasteiger partial charge on any atom is -0.365 e. The van der Waals surface area contributed by atoms with Gasteiger partial charge in [0.05, 0.1) is 18.8 Å². The third-order valence-electron chi connectivity index (χ3n) is 4.19. The van der Waals surface area contributed by atoms with Gasteiger partial charge in [-0.05, 0) is 42.0 Å². The van der Waals surface area contributed by atoms with E-state index >= 15 is 0 Å². The fraction of sp³-hybridized carbons (Fsp3) is 0.158. The van der Waals surface area contributed by atoms with Gasteiger partial charge in [0, 0.05) is 5.69 Å². The summed E-state index contributed by atoms with van der Waals surface area (Å²) in [6.45, 7) is 0.719. The van der Waals surface area contributed by atoms with Gasteiger partial charge in [-0.2, -0.15) is 5.10 Å². The summed E-state index contributed by atoms with van der Waals surface area (Å²) in [6.07, 6.45) is -0.262. The number of aromatic nitrogens is 2. The molecule has 0 fully saturated rings. The van der Waals surface area contributed by atoms with E-state index in [-0.39, 0.29) is 17.6 Å². The van der Waals surface area contributed by atoms with Crippen LogP contribution in [0.4, 0.5) is 14.5 Å². The van der Waals surface area contributed by atoms with Crippen molar-refractivity contribution in [3.8, 4) is 0 Å². The molecule has 132 valence electrons. The van der Waals surface area contributed by atoms with E-state index in [1.165, 1.54) is 30.3 Å². The van der Waals surface area contributed by atoms with Gasteiger partial charge < -0.3 is 10.1 Å². The normalized spacial score (nSPS) is 16.2. The number of anilines is 1. The topological polar surface area (TPSA) is 56.2 Å². The number of hydrogen-bond donors (Lipinski definition) is 1. The summed E-state index contributed by atoms with van der Waals surface area (Å²) < 4.78 is 33.8. The standard InChI is InChI=1S/C19H15F2N3O2/c20-13-6-4-12(5-7-13)18-10-24-16(11-26-18)9-17(23-24)19(25)22-15-3-1-2-14(21)8-15/h1-9,18H,10-11H2,(H,22,25)/t18-/m0/s1. The molecule has 1 N–H and O–H groups in total. The lowest BCUT2D eigenvalue weighted by molar-refractivity contribution is -0.00122. The minimum atomic E-state index is -0.428. The molecular weight excluding hydrogens is 340 g/mol. The zero-order valence-electron chi connectivity index (χ0n) is 13.7. The second-order valence-corrected chi connectivity index (χ2v) is 6.02. The molecular formula is C19H15F2N3O2. The van der Waals surface area contributed by atoms with Crippen molar-refractivity contribution in [2.24, 2.45) is 0 Å². The molecule has 1 atom stereocenters. The smallest absolute Gasteiger partial charge is 0.276 e. The molecule has 0 aliphatic carbocycles. The first-order valence-corrected chi connectivity index (χ1v) is 8.09. The van der Waals surface area contributed by atoms with Gasteiger partial charge in [-0.25, -0.2) is 8.78 Å². The average molecular weight is 355 g/mol. The molecule has 5 nitrogen and oxygen atoms in total. The number of rotatable bonds is 3. The number of carbonyl (C=O) groups excluding carboxylic acids is 1. The Morgan fingerprint density at radius 1 is 1.12 bits per heavy atom. The summed E-state index contributed by atoms with van der Waals surface area (Å²) in [5, 5.41) is 6.94. The molecule has 0 bridgehead atoms. The highest BCUT2D eigenvalue weighted by Gasteiger charge is 2.24. The van der Waals surface area contributed by atoms with Crippen LogP contribution in [0.15, 0.2) is 54.6 Å². The largest absolute Gasteiger partial charge is 0.365 e. The Kier molecular flexibility index (Phi) is 4.22. The molecule has 0 spiro atoms.